The Balaban J connectivity index is 2.78. The number of nitrogens with zero attached hydrogens (tertiary/aromatic N) is 1. The van der Waals surface area contributed by atoms with Crippen molar-refractivity contribution in [1.82, 2.24) is 9.71 Å². The molecule has 0 amide bonds. The molecule has 102 valence electrons. The van der Waals surface area contributed by atoms with Crippen molar-refractivity contribution in [3.8, 4) is 0 Å². The highest BCUT2D eigenvalue weighted by molar-refractivity contribution is 9.10. The van der Waals surface area contributed by atoms with Crippen LogP contribution in [-0.2, 0) is 10.0 Å². The van der Waals surface area contributed by atoms with Gasteiger partial charge in [-0.15, -0.1) is 0 Å². The van der Waals surface area contributed by atoms with Crippen molar-refractivity contribution in [3.63, 3.8) is 0 Å². The first-order valence-corrected chi connectivity index (χ1v) is 8.01. The smallest absolute Gasteiger partial charge is 0.242 e. The van der Waals surface area contributed by atoms with Crippen LogP contribution in [0.2, 0.25) is 0 Å². The molecule has 1 rings (SSSR count). The number of pyridine rings is 1. The standard InChI is InChI=1S/C12H19BrN2O2S/c1-9(12(2,3)4)6-15-18(16,17)11-5-10(13)7-14-8-11/h5,7-9,15H,6H2,1-4H3. The van der Waals surface area contributed by atoms with Gasteiger partial charge in [-0.25, -0.2) is 13.1 Å². The maximum Gasteiger partial charge on any atom is 0.242 e. The second kappa shape index (κ2) is 5.67. The molecule has 0 aliphatic carbocycles. The van der Waals surface area contributed by atoms with E-state index in [9.17, 15) is 8.42 Å². The van der Waals surface area contributed by atoms with E-state index < -0.39 is 10.0 Å². The largest absolute Gasteiger partial charge is 0.262 e. The third-order valence-electron chi connectivity index (χ3n) is 3.05. The molecule has 6 heteroatoms. The second-order valence-electron chi connectivity index (χ2n) is 5.46. The van der Waals surface area contributed by atoms with Crippen molar-refractivity contribution in [3.05, 3.63) is 22.9 Å². The molecule has 1 unspecified atom stereocenters. The zero-order valence-electron chi connectivity index (χ0n) is 11.1. The Labute approximate surface area is 117 Å². The van der Waals surface area contributed by atoms with E-state index in [0.717, 1.165) is 0 Å². The van der Waals surface area contributed by atoms with E-state index in [1.807, 2.05) is 6.92 Å². The SMILES string of the molecule is CC(CNS(=O)(=O)c1cncc(Br)c1)C(C)(C)C. The van der Waals surface area contributed by atoms with Gasteiger partial charge in [-0.05, 0) is 33.3 Å². The fourth-order valence-electron chi connectivity index (χ4n) is 1.16. The highest BCUT2D eigenvalue weighted by Gasteiger charge is 2.23. The Morgan fingerprint density at radius 1 is 1.39 bits per heavy atom. The maximum atomic E-state index is 12.0. The van der Waals surface area contributed by atoms with Crippen molar-refractivity contribution < 1.29 is 8.42 Å². The number of rotatable bonds is 4. The lowest BCUT2D eigenvalue weighted by Crippen LogP contribution is -2.33. The fraction of sp³-hybridized carbons (Fsp3) is 0.583. The molecule has 18 heavy (non-hydrogen) atoms. The lowest BCUT2D eigenvalue weighted by molar-refractivity contribution is 0.263. The number of halogens is 1. The first-order valence-electron chi connectivity index (χ1n) is 5.73. The Kier molecular flexibility index (Phi) is 4.91. The van der Waals surface area contributed by atoms with Gasteiger partial charge in [0.05, 0.1) is 0 Å². The number of hydrogen-bond acceptors (Lipinski definition) is 3. The minimum absolute atomic E-state index is 0.0675. The Morgan fingerprint density at radius 2 is 2.00 bits per heavy atom. The van der Waals surface area contributed by atoms with Crippen molar-refractivity contribution in [2.75, 3.05) is 6.54 Å². The third kappa shape index (κ3) is 4.33. The summed E-state index contributed by atoms with van der Waals surface area (Å²) < 4.78 is 27.4. The molecule has 0 fully saturated rings. The summed E-state index contributed by atoms with van der Waals surface area (Å²) in [5.74, 6) is 0.243. The molecular formula is C12H19BrN2O2S. The van der Waals surface area contributed by atoms with E-state index in [1.54, 1.807) is 6.20 Å². The van der Waals surface area contributed by atoms with Crippen LogP contribution in [0.5, 0.6) is 0 Å². The average Bonchev–Trinajstić information content (AvgIpc) is 2.24. The van der Waals surface area contributed by atoms with E-state index >= 15 is 0 Å². The summed E-state index contributed by atoms with van der Waals surface area (Å²) in [6.45, 7) is 8.71. The minimum atomic E-state index is -3.48. The first-order chi connectivity index (χ1) is 8.13. The Hall–Kier alpha value is -0.460. The number of nitrogens with one attached hydrogen (secondary N) is 1. The molecule has 0 radical (unpaired) electrons. The molecule has 0 bridgehead atoms. The van der Waals surface area contributed by atoms with Crippen LogP contribution in [0, 0.1) is 11.3 Å². The molecule has 1 aromatic rings. The van der Waals surface area contributed by atoms with Gasteiger partial charge in [0, 0.05) is 23.4 Å². The van der Waals surface area contributed by atoms with Crippen LogP contribution >= 0.6 is 15.9 Å². The summed E-state index contributed by atoms with van der Waals surface area (Å²) in [6.07, 6.45) is 2.89. The van der Waals surface area contributed by atoms with E-state index in [4.69, 9.17) is 0 Å². The van der Waals surface area contributed by atoms with Crippen LogP contribution in [-0.4, -0.2) is 19.9 Å². The van der Waals surface area contributed by atoms with Gasteiger partial charge in [0.2, 0.25) is 10.0 Å². The average molecular weight is 335 g/mol. The molecule has 1 N–H and O–H groups in total. The van der Waals surface area contributed by atoms with Gasteiger partial charge in [-0.1, -0.05) is 27.7 Å². The van der Waals surface area contributed by atoms with Gasteiger partial charge in [0.25, 0.3) is 0 Å². The fourth-order valence-corrected chi connectivity index (χ4v) is 2.80. The number of aromatic nitrogens is 1. The lowest BCUT2D eigenvalue weighted by atomic mass is 9.82. The normalized spacial score (nSPS) is 14.5. The summed E-state index contributed by atoms with van der Waals surface area (Å²) in [5.41, 5.74) is 0.0675. The van der Waals surface area contributed by atoms with Gasteiger partial charge < -0.3 is 0 Å². The Morgan fingerprint density at radius 3 is 2.50 bits per heavy atom. The molecule has 0 aromatic carbocycles. The van der Waals surface area contributed by atoms with Gasteiger partial charge in [-0.2, -0.15) is 0 Å². The highest BCUT2D eigenvalue weighted by atomic mass is 79.9. The van der Waals surface area contributed by atoms with Crippen molar-refractivity contribution >= 4 is 26.0 Å². The van der Waals surface area contributed by atoms with Gasteiger partial charge in [0.15, 0.2) is 0 Å². The predicted molar refractivity (Wildman–Crippen MR) is 75.7 cm³/mol. The summed E-state index contributed by atoms with van der Waals surface area (Å²) in [7, 11) is -3.48. The molecule has 0 saturated heterocycles. The lowest BCUT2D eigenvalue weighted by Gasteiger charge is -2.27. The Bertz CT molecular complexity index is 509. The zero-order chi connectivity index (χ0) is 14.0. The summed E-state index contributed by atoms with van der Waals surface area (Å²) >= 11 is 3.21. The van der Waals surface area contributed by atoms with E-state index in [-0.39, 0.29) is 16.2 Å². The van der Waals surface area contributed by atoms with Gasteiger partial charge >= 0.3 is 0 Å². The molecule has 4 nitrogen and oxygen atoms in total. The number of hydrogen-bond donors (Lipinski definition) is 1. The van der Waals surface area contributed by atoms with Crippen molar-refractivity contribution in [2.45, 2.75) is 32.6 Å². The maximum absolute atomic E-state index is 12.0. The van der Waals surface area contributed by atoms with Gasteiger partial charge in [0.1, 0.15) is 4.90 Å². The summed E-state index contributed by atoms with van der Waals surface area (Å²) in [6, 6.07) is 1.54. The molecule has 0 aliphatic rings. The van der Waals surface area contributed by atoms with Crippen LogP contribution in [0.3, 0.4) is 0 Å². The quantitative estimate of drug-likeness (QED) is 0.920. The van der Waals surface area contributed by atoms with Crippen molar-refractivity contribution in [1.29, 1.82) is 0 Å². The van der Waals surface area contributed by atoms with E-state index in [0.29, 0.717) is 11.0 Å². The van der Waals surface area contributed by atoms with Crippen LogP contribution in [0.1, 0.15) is 27.7 Å². The first kappa shape index (κ1) is 15.6. The molecule has 1 atom stereocenters. The summed E-state index contributed by atoms with van der Waals surface area (Å²) in [5, 5.41) is 0. The van der Waals surface area contributed by atoms with Crippen LogP contribution < -0.4 is 4.72 Å². The molecule has 1 aromatic heterocycles. The molecular weight excluding hydrogens is 316 g/mol. The highest BCUT2D eigenvalue weighted by Crippen LogP contribution is 2.25. The molecule has 0 spiro atoms. The van der Waals surface area contributed by atoms with Crippen molar-refractivity contribution in [2.24, 2.45) is 11.3 Å². The van der Waals surface area contributed by atoms with Crippen LogP contribution in [0.15, 0.2) is 27.8 Å². The monoisotopic (exact) mass is 334 g/mol. The van der Waals surface area contributed by atoms with Gasteiger partial charge in [-0.3, -0.25) is 4.98 Å². The van der Waals surface area contributed by atoms with E-state index in [1.165, 1.54) is 12.3 Å². The van der Waals surface area contributed by atoms with Crippen LogP contribution in [0.4, 0.5) is 0 Å². The van der Waals surface area contributed by atoms with E-state index in [2.05, 4.69) is 46.4 Å². The molecule has 0 aliphatic heterocycles. The second-order valence-corrected chi connectivity index (χ2v) is 8.14. The van der Waals surface area contributed by atoms with Crippen LogP contribution in [0.25, 0.3) is 0 Å². The minimum Gasteiger partial charge on any atom is -0.262 e. The zero-order valence-corrected chi connectivity index (χ0v) is 13.5. The predicted octanol–water partition coefficient (Wildman–Crippen LogP) is 2.80. The topological polar surface area (TPSA) is 59.1 Å². The molecule has 1 heterocycles. The third-order valence-corrected chi connectivity index (χ3v) is 4.87. The summed E-state index contributed by atoms with van der Waals surface area (Å²) in [4.78, 5) is 4.04. The number of sulfonamides is 1. The molecule has 0 saturated carbocycles.